The van der Waals surface area contributed by atoms with E-state index in [0.717, 1.165) is 31.4 Å². The maximum absolute atomic E-state index is 13.4. The molecule has 4 rings (SSSR count). The molecule has 4 nitrogen and oxygen atoms in total. The Labute approximate surface area is 173 Å². The average Bonchev–Trinajstić information content (AvgIpc) is 3.09. The zero-order chi connectivity index (χ0) is 20.4. The van der Waals surface area contributed by atoms with Crippen LogP contribution in [0.1, 0.15) is 54.9 Å². The highest BCUT2D eigenvalue weighted by Crippen LogP contribution is 2.40. The third-order valence-electron chi connectivity index (χ3n) is 6.57. The molecular weight excluding hydrogens is 360 g/mol. The Kier molecular flexibility index (Phi) is 5.44. The van der Waals surface area contributed by atoms with Crippen molar-refractivity contribution in [2.45, 2.75) is 44.6 Å². The third-order valence-corrected chi connectivity index (χ3v) is 6.57. The molecule has 2 amide bonds. The molecule has 2 aromatic rings. The topological polar surface area (TPSA) is 40.6 Å². The lowest BCUT2D eigenvalue weighted by atomic mass is 9.90. The van der Waals surface area contributed by atoms with Gasteiger partial charge in [-0.1, -0.05) is 48.5 Å². The molecule has 2 saturated heterocycles. The number of amides is 2. The molecule has 0 radical (unpaired) electrons. The highest BCUT2D eigenvalue weighted by molar-refractivity contribution is 5.94. The van der Waals surface area contributed by atoms with Crippen LogP contribution in [-0.4, -0.2) is 46.8 Å². The van der Waals surface area contributed by atoms with Crippen molar-refractivity contribution in [3.63, 3.8) is 0 Å². The van der Waals surface area contributed by atoms with Gasteiger partial charge in [0.15, 0.2) is 0 Å². The summed E-state index contributed by atoms with van der Waals surface area (Å²) in [6, 6.07) is 19.9. The summed E-state index contributed by atoms with van der Waals surface area (Å²) < 4.78 is 0. The first-order valence-electron chi connectivity index (χ1n) is 10.7. The Balaban J connectivity index is 1.38. The van der Waals surface area contributed by atoms with Crippen LogP contribution < -0.4 is 0 Å². The largest absolute Gasteiger partial charge is 0.339 e. The van der Waals surface area contributed by atoms with E-state index >= 15 is 0 Å². The van der Waals surface area contributed by atoms with E-state index < -0.39 is 0 Å². The Bertz CT molecular complexity index is 855. The maximum atomic E-state index is 13.4. The predicted octanol–water partition coefficient (Wildman–Crippen LogP) is 4.33. The molecule has 0 N–H and O–H groups in total. The number of likely N-dealkylation sites (tertiary alicyclic amines) is 2. The van der Waals surface area contributed by atoms with Crippen LogP contribution in [0.4, 0.5) is 0 Å². The summed E-state index contributed by atoms with van der Waals surface area (Å²) in [5.41, 5.74) is 1.91. The number of nitrogens with zero attached hydrogens (tertiary/aromatic N) is 2. The Morgan fingerprint density at radius 2 is 1.48 bits per heavy atom. The summed E-state index contributed by atoms with van der Waals surface area (Å²) in [6.07, 6.45) is 2.49. The normalized spacial score (nSPS) is 21.9. The molecule has 0 bridgehead atoms. The molecule has 2 fully saturated rings. The second kappa shape index (κ2) is 8.02. The number of carbonyl (C=O) groups is 2. The molecule has 4 heteroatoms. The van der Waals surface area contributed by atoms with Crippen LogP contribution in [0.25, 0.3) is 0 Å². The van der Waals surface area contributed by atoms with Gasteiger partial charge in [-0.3, -0.25) is 9.59 Å². The van der Waals surface area contributed by atoms with Gasteiger partial charge in [-0.05, 0) is 50.8 Å². The van der Waals surface area contributed by atoms with Gasteiger partial charge in [0.25, 0.3) is 5.91 Å². The van der Waals surface area contributed by atoms with E-state index in [4.69, 9.17) is 0 Å². The Morgan fingerprint density at radius 3 is 2.10 bits per heavy atom. The van der Waals surface area contributed by atoms with Crippen molar-refractivity contribution in [1.82, 2.24) is 9.80 Å². The van der Waals surface area contributed by atoms with Crippen molar-refractivity contribution in [1.29, 1.82) is 0 Å². The van der Waals surface area contributed by atoms with Crippen LogP contribution in [0.15, 0.2) is 60.7 Å². The molecule has 152 valence electrons. The van der Waals surface area contributed by atoms with Crippen LogP contribution in [-0.2, 0) is 4.79 Å². The van der Waals surface area contributed by atoms with E-state index in [-0.39, 0.29) is 23.3 Å². The molecule has 0 aromatic heterocycles. The molecule has 2 aliphatic rings. The average molecular weight is 391 g/mol. The Hall–Kier alpha value is -2.62. The molecule has 0 saturated carbocycles. The van der Waals surface area contributed by atoms with E-state index in [1.807, 2.05) is 41.3 Å². The first-order chi connectivity index (χ1) is 14.0. The monoisotopic (exact) mass is 390 g/mol. The highest BCUT2D eigenvalue weighted by atomic mass is 16.2. The van der Waals surface area contributed by atoms with Crippen LogP contribution in [0.5, 0.6) is 0 Å². The summed E-state index contributed by atoms with van der Waals surface area (Å²) in [7, 11) is 0. The van der Waals surface area contributed by atoms with Crippen LogP contribution in [0.2, 0.25) is 0 Å². The van der Waals surface area contributed by atoms with Crippen molar-refractivity contribution < 1.29 is 9.59 Å². The van der Waals surface area contributed by atoms with Crippen molar-refractivity contribution in [3.05, 3.63) is 71.8 Å². The van der Waals surface area contributed by atoms with E-state index in [9.17, 15) is 9.59 Å². The van der Waals surface area contributed by atoms with Gasteiger partial charge < -0.3 is 9.80 Å². The second-order valence-electron chi connectivity index (χ2n) is 9.01. The summed E-state index contributed by atoms with van der Waals surface area (Å²) in [4.78, 5) is 30.0. The SMILES string of the molecule is CC1(C)CC(c2ccccc2)CN1C(=O)C1CCN(C(=O)c2ccccc2)CC1. The van der Waals surface area contributed by atoms with Crippen molar-refractivity contribution in [3.8, 4) is 0 Å². The molecule has 2 aliphatic heterocycles. The number of benzene rings is 2. The van der Waals surface area contributed by atoms with Gasteiger partial charge in [0.2, 0.25) is 5.91 Å². The number of rotatable bonds is 3. The fourth-order valence-electron chi connectivity index (χ4n) is 4.90. The van der Waals surface area contributed by atoms with Gasteiger partial charge in [-0.2, -0.15) is 0 Å². The number of hydrogen-bond donors (Lipinski definition) is 0. The zero-order valence-electron chi connectivity index (χ0n) is 17.4. The summed E-state index contributed by atoms with van der Waals surface area (Å²) in [5, 5.41) is 0. The fraction of sp³-hybridized carbons (Fsp3) is 0.440. The molecule has 0 spiro atoms. The van der Waals surface area contributed by atoms with Crippen LogP contribution in [0.3, 0.4) is 0 Å². The van der Waals surface area contributed by atoms with E-state index in [2.05, 4.69) is 43.0 Å². The first-order valence-corrected chi connectivity index (χ1v) is 10.7. The van der Waals surface area contributed by atoms with E-state index in [1.165, 1.54) is 5.56 Å². The lowest BCUT2D eigenvalue weighted by molar-refractivity contribution is -0.140. The number of piperidine rings is 1. The van der Waals surface area contributed by atoms with Gasteiger partial charge in [0, 0.05) is 42.6 Å². The van der Waals surface area contributed by atoms with Crippen LogP contribution in [0, 0.1) is 5.92 Å². The fourth-order valence-corrected chi connectivity index (χ4v) is 4.90. The molecule has 2 heterocycles. The highest BCUT2D eigenvalue weighted by Gasteiger charge is 2.44. The first kappa shape index (κ1) is 19.7. The second-order valence-corrected chi connectivity index (χ2v) is 9.01. The molecule has 1 unspecified atom stereocenters. The molecule has 29 heavy (non-hydrogen) atoms. The van der Waals surface area contributed by atoms with E-state index in [0.29, 0.717) is 19.0 Å². The number of carbonyl (C=O) groups excluding carboxylic acids is 2. The number of hydrogen-bond acceptors (Lipinski definition) is 2. The lowest BCUT2D eigenvalue weighted by Crippen LogP contribution is -2.49. The Morgan fingerprint density at radius 1 is 0.897 bits per heavy atom. The molecule has 1 atom stereocenters. The van der Waals surface area contributed by atoms with Gasteiger partial charge in [-0.15, -0.1) is 0 Å². The quantitative estimate of drug-likeness (QED) is 0.782. The van der Waals surface area contributed by atoms with Gasteiger partial charge in [-0.25, -0.2) is 0 Å². The van der Waals surface area contributed by atoms with Gasteiger partial charge >= 0.3 is 0 Å². The van der Waals surface area contributed by atoms with Crippen LogP contribution >= 0.6 is 0 Å². The summed E-state index contributed by atoms with van der Waals surface area (Å²) in [6.45, 7) is 6.46. The van der Waals surface area contributed by atoms with E-state index in [1.54, 1.807) is 0 Å². The third kappa shape index (κ3) is 4.07. The molecule has 0 aliphatic carbocycles. The minimum Gasteiger partial charge on any atom is -0.339 e. The maximum Gasteiger partial charge on any atom is 0.253 e. The minimum absolute atomic E-state index is 0.0172. The standard InChI is InChI=1S/C25H30N2O2/c1-25(2)17-22(19-9-5-3-6-10-19)18-27(25)24(29)21-13-15-26(16-14-21)23(28)20-11-7-4-8-12-20/h3-12,21-22H,13-18H2,1-2H3. The molecular formula is C25H30N2O2. The van der Waals surface area contributed by atoms with Gasteiger partial charge in [0.05, 0.1) is 0 Å². The summed E-state index contributed by atoms with van der Waals surface area (Å²) in [5.74, 6) is 0.751. The smallest absolute Gasteiger partial charge is 0.253 e. The van der Waals surface area contributed by atoms with Crippen molar-refractivity contribution in [2.75, 3.05) is 19.6 Å². The zero-order valence-corrected chi connectivity index (χ0v) is 17.4. The minimum atomic E-state index is -0.130. The predicted molar refractivity (Wildman–Crippen MR) is 115 cm³/mol. The van der Waals surface area contributed by atoms with Crippen molar-refractivity contribution in [2.24, 2.45) is 5.92 Å². The molecule has 2 aromatic carbocycles. The van der Waals surface area contributed by atoms with Gasteiger partial charge in [0.1, 0.15) is 0 Å². The summed E-state index contributed by atoms with van der Waals surface area (Å²) >= 11 is 0. The lowest BCUT2D eigenvalue weighted by Gasteiger charge is -2.37. The van der Waals surface area contributed by atoms with Crippen molar-refractivity contribution >= 4 is 11.8 Å².